The number of carbonyl (C=O) groups excluding carboxylic acids is 1. The summed E-state index contributed by atoms with van der Waals surface area (Å²) in [5.74, 6) is -0.189. The van der Waals surface area contributed by atoms with Crippen molar-refractivity contribution in [2.24, 2.45) is 0 Å². The Balaban J connectivity index is 2.22. The quantitative estimate of drug-likeness (QED) is 0.0261. The average molecular weight is 1030 g/mol. The Morgan fingerprint density at radius 2 is 0.781 bits per heavy atom. The number of hydrogen-bond acceptors (Lipinski definition) is 8. The maximum Gasteiger partial charge on any atom is 0.220 e. The van der Waals surface area contributed by atoms with Crippen LogP contribution in [0.5, 0.6) is 0 Å². The number of hydrogen-bond donors (Lipinski definition) is 6. The second-order valence-electron chi connectivity index (χ2n) is 21.8. The lowest BCUT2D eigenvalue weighted by atomic mass is 9.99. The van der Waals surface area contributed by atoms with Crippen LogP contribution in [0.2, 0.25) is 0 Å². The lowest BCUT2D eigenvalue weighted by Gasteiger charge is -2.40. The molecule has 6 N–H and O–H groups in total. The van der Waals surface area contributed by atoms with Crippen LogP contribution in [-0.2, 0) is 14.3 Å². The Labute approximate surface area is 450 Å². The van der Waals surface area contributed by atoms with Gasteiger partial charge in [-0.2, -0.15) is 0 Å². The second-order valence-corrected chi connectivity index (χ2v) is 21.8. The Morgan fingerprint density at radius 3 is 1.15 bits per heavy atom. The molecule has 428 valence electrons. The lowest BCUT2D eigenvalue weighted by Crippen LogP contribution is -2.60. The summed E-state index contributed by atoms with van der Waals surface area (Å²) in [7, 11) is 0. The molecule has 1 aliphatic heterocycles. The zero-order valence-corrected chi connectivity index (χ0v) is 47.6. The average Bonchev–Trinajstić information content (AvgIpc) is 3.39. The molecule has 0 aromatic rings. The SMILES string of the molecule is CCCCCCCCCCCCCC/C=C\CCCCCCCCCCCCC(=O)NC(COC1OC(CO)C(O)C(O)C1O)C(O)/C=C/CC/C=C/CC/C=C/CCCCCCCCCCCCCCCC. The van der Waals surface area contributed by atoms with E-state index in [1.165, 1.54) is 231 Å². The zero-order valence-electron chi connectivity index (χ0n) is 47.6. The van der Waals surface area contributed by atoms with Gasteiger partial charge in [0.2, 0.25) is 5.91 Å². The number of allylic oxidation sites excluding steroid dienone is 7. The van der Waals surface area contributed by atoms with Gasteiger partial charge in [-0.1, -0.05) is 268 Å². The van der Waals surface area contributed by atoms with Crippen LogP contribution < -0.4 is 5.32 Å². The van der Waals surface area contributed by atoms with Crippen molar-refractivity contribution in [2.75, 3.05) is 13.2 Å². The number of ether oxygens (including phenoxy) is 2. The van der Waals surface area contributed by atoms with Crippen molar-refractivity contribution >= 4 is 5.91 Å². The zero-order chi connectivity index (χ0) is 52.9. The highest BCUT2D eigenvalue weighted by molar-refractivity contribution is 5.76. The normalized spacial score (nSPS) is 19.4. The standard InChI is InChI=1S/C64H119NO8/c1-3-5-7-9-11-13-15-17-19-21-23-25-27-29-30-32-34-36-38-40-42-44-46-48-50-52-54-60(68)65-57(56-72-64-63(71)62(70)61(69)59(55-66)73-64)58(67)53-51-49-47-45-43-41-39-37-35-33-31-28-26-24-22-20-18-16-14-12-10-8-6-4-2/h29-30,35,37,43,45,51,53,57-59,61-64,66-67,69-71H,3-28,31-34,36,38-42,44,46-50,52,54-56H2,1-2H3,(H,65,68)/b30-29-,37-35+,45-43+,53-51+. The van der Waals surface area contributed by atoms with Crippen molar-refractivity contribution in [3.8, 4) is 0 Å². The highest BCUT2D eigenvalue weighted by Gasteiger charge is 2.44. The molecule has 1 saturated heterocycles. The molecule has 0 spiro atoms. The monoisotopic (exact) mass is 1030 g/mol. The van der Waals surface area contributed by atoms with Gasteiger partial charge in [0.1, 0.15) is 24.4 Å². The molecule has 0 aromatic carbocycles. The number of carbonyl (C=O) groups is 1. The molecule has 1 rings (SSSR count). The molecule has 0 radical (unpaired) electrons. The van der Waals surface area contributed by atoms with Crippen molar-refractivity contribution in [2.45, 2.75) is 339 Å². The first-order valence-corrected chi connectivity index (χ1v) is 31.4. The van der Waals surface area contributed by atoms with E-state index in [2.05, 4.69) is 55.6 Å². The van der Waals surface area contributed by atoms with E-state index in [1.807, 2.05) is 6.08 Å². The summed E-state index contributed by atoms with van der Waals surface area (Å²) >= 11 is 0. The van der Waals surface area contributed by atoms with Crippen LogP contribution in [0.4, 0.5) is 0 Å². The predicted octanol–water partition coefficient (Wildman–Crippen LogP) is 16.1. The fourth-order valence-corrected chi connectivity index (χ4v) is 9.89. The minimum absolute atomic E-state index is 0.189. The van der Waals surface area contributed by atoms with E-state index in [4.69, 9.17) is 9.47 Å². The molecule has 0 aromatic heterocycles. The highest BCUT2D eigenvalue weighted by Crippen LogP contribution is 2.23. The van der Waals surface area contributed by atoms with Gasteiger partial charge in [0.05, 0.1) is 25.4 Å². The Morgan fingerprint density at radius 1 is 0.452 bits per heavy atom. The van der Waals surface area contributed by atoms with Crippen LogP contribution in [0, 0.1) is 0 Å². The first kappa shape index (κ1) is 69.2. The van der Waals surface area contributed by atoms with Gasteiger partial charge in [-0.25, -0.2) is 0 Å². The van der Waals surface area contributed by atoms with Gasteiger partial charge >= 0.3 is 0 Å². The largest absolute Gasteiger partial charge is 0.394 e. The van der Waals surface area contributed by atoms with Gasteiger partial charge in [-0.3, -0.25) is 4.79 Å². The number of nitrogens with one attached hydrogen (secondary N) is 1. The number of amides is 1. The summed E-state index contributed by atoms with van der Waals surface area (Å²) < 4.78 is 11.3. The van der Waals surface area contributed by atoms with E-state index in [0.717, 1.165) is 44.9 Å². The Hall–Kier alpha value is -1.85. The molecule has 7 unspecified atom stereocenters. The molecule has 0 bridgehead atoms. The third-order valence-electron chi connectivity index (χ3n) is 14.9. The molecule has 0 aliphatic carbocycles. The summed E-state index contributed by atoms with van der Waals surface area (Å²) in [5, 5.41) is 54.6. The van der Waals surface area contributed by atoms with Crippen LogP contribution in [0.15, 0.2) is 48.6 Å². The molecule has 1 fully saturated rings. The third-order valence-corrected chi connectivity index (χ3v) is 14.9. The molecule has 7 atom stereocenters. The number of aliphatic hydroxyl groups excluding tert-OH is 5. The smallest absolute Gasteiger partial charge is 0.220 e. The molecular formula is C64H119NO8. The molecular weight excluding hydrogens is 911 g/mol. The van der Waals surface area contributed by atoms with Crippen LogP contribution in [0.3, 0.4) is 0 Å². The summed E-state index contributed by atoms with van der Waals surface area (Å²) in [4.78, 5) is 13.1. The molecule has 1 amide bonds. The van der Waals surface area contributed by atoms with Gasteiger partial charge in [-0.05, 0) is 70.6 Å². The predicted molar refractivity (Wildman–Crippen MR) is 309 cm³/mol. The summed E-state index contributed by atoms with van der Waals surface area (Å²) in [6, 6.07) is -0.830. The molecule has 9 heteroatoms. The summed E-state index contributed by atoms with van der Waals surface area (Å²) in [6.07, 6.45) is 64.8. The van der Waals surface area contributed by atoms with Gasteiger partial charge in [0, 0.05) is 6.42 Å². The van der Waals surface area contributed by atoms with Gasteiger partial charge in [0.25, 0.3) is 0 Å². The van der Waals surface area contributed by atoms with Gasteiger partial charge < -0.3 is 40.3 Å². The van der Waals surface area contributed by atoms with Crippen LogP contribution in [-0.4, -0.2) is 87.5 Å². The van der Waals surface area contributed by atoms with Crippen molar-refractivity contribution in [1.82, 2.24) is 5.32 Å². The fourth-order valence-electron chi connectivity index (χ4n) is 9.89. The molecule has 1 heterocycles. The van der Waals surface area contributed by atoms with E-state index >= 15 is 0 Å². The number of unbranched alkanes of at least 4 members (excludes halogenated alkanes) is 38. The molecule has 1 aliphatic rings. The van der Waals surface area contributed by atoms with Gasteiger partial charge in [0.15, 0.2) is 6.29 Å². The van der Waals surface area contributed by atoms with E-state index in [9.17, 15) is 30.3 Å². The minimum Gasteiger partial charge on any atom is -0.394 e. The van der Waals surface area contributed by atoms with Crippen LogP contribution in [0.25, 0.3) is 0 Å². The number of aliphatic hydroxyl groups is 5. The fraction of sp³-hybridized carbons (Fsp3) is 0.859. The highest BCUT2D eigenvalue weighted by atomic mass is 16.7. The van der Waals surface area contributed by atoms with Crippen LogP contribution in [0.1, 0.15) is 296 Å². The van der Waals surface area contributed by atoms with Crippen molar-refractivity contribution in [3.63, 3.8) is 0 Å². The summed E-state index contributed by atoms with van der Waals surface area (Å²) in [5.41, 5.74) is 0. The lowest BCUT2D eigenvalue weighted by molar-refractivity contribution is -0.302. The maximum absolute atomic E-state index is 13.1. The number of rotatable bonds is 54. The first-order valence-electron chi connectivity index (χ1n) is 31.4. The van der Waals surface area contributed by atoms with Crippen molar-refractivity contribution in [3.05, 3.63) is 48.6 Å². The maximum atomic E-state index is 13.1. The minimum atomic E-state index is -1.58. The third kappa shape index (κ3) is 42.9. The first-order chi connectivity index (χ1) is 35.8. The Bertz CT molecular complexity index is 1290. The second kappa shape index (κ2) is 53.5. The van der Waals surface area contributed by atoms with Crippen molar-refractivity contribution < 1.29 is 39.8 Å². The molecule has 9 nitrogen and oxygen atoms in total. The van der Waals surface area contributed by atoms with Crippen LogP contribution >= 0.6 is 0 Å². The van der Waals surface area contributed by atoms with Crippen molar-refractivity contribution in [1.29, 1.82) is 0 Å². The topological polar surface area (TPSA) is 149 Å². The van der Waals surface area contributed by atoms with E-state index in [-0.39, 0.29) is 12.5 Å². The van der Waals surface area contributed by atoms with E-state index < -0.39 is 49.5 Å². The van der Waals surface area contributed by atoms with E-state index in [0.29, 0.717) is 6.42 Å². The summed E-state index contributed by atoms with van der Waals surface area (Å²) in [6.45, 7) is 3.79. The molecule has 0 saturated carbocycles. The van der Waals surface area contributed by atoms with Gasteiger partial charge in [-0.15, -0.1) is 0 Å². The Kier molecular flexibility index (Phi) is 50.7. The molecule has 73 heavy (non-hydrogen) atoms. The van der Waals surface area contributed by atoms with E-state index in [1.54, 1.807) is 6.08 Å².